The van der Waals surface area contributed by atoms with E-state index in [1.165, 1.54) is 37.1 Å². The maximum absolute atomic E-state index is 13.1. The van der Waals surface area contributed by atoms with E-state index in [9.17, 15) is 19.5 Å². The van der Waals surface area contributed by atoms with Gasteiger partial charge in [0.2, 0.25) is 5.78 Å². The van der Waals surface area contributed by atoms with Gasteiger partial charge >= 0.3 is 11.9 Å². The van der Waals surface area contributed by atoms with Crippen molar-refractivity contribution < 1.29 is 33.8 Å². The van der Waals surface area contributed by atoms with Crippen LogP contribution in [-0.4, -0.2) is 40.8 Å². The van der Waals surface area contributed by atoms with Gasteiger partial charge < -0.3 is 19.4 Å². The van der Waals surface area contributed by atoms with Crippen molar-refractivity contribution in [3.05, 3.63) is 64.9 Å². The normalized spacial score (nSPS) is 10.8. The summed E-state index contributed by atoms with van der Waals surface area (Å²) in [5, 5.41) is 18.9. The largest absolute Gasteiger partial charge is 0.496 e. The molecule has 0 bridgehead atoms. The summed E-state index contributed by atoms with van der Waals surface area (Å²) in [6.45, 7) is 0. The fourth-order valence-electron chi connectivity index (χ4n) is 2.91. The Morgan fingerprint density at radius 3 is 2.55 bits per heavy atom. The molecule has 0 saturated carbocycles. The Balaban J connectivity index is 1.99. The average Bonchev–Trinajstić information content (AvgIpc) is 3.08. The van der Waals surface area contributed by atoms with E-state index in [0.717, 1.165) is 5.39 Å². The van der Waals surface area contributed by atoms with Gasteiger partial charge in [-0.15, -0.1) is 0 Å². The fraction of sp³-hybridized carbons (Fsp3) is 0.190. The third-order valence-electron chi connectivity index (χ3n) is 4.30. The van der Waals surface area contributed by atoms with E-state index < -0.39 is 17.7 Å². The minimum atomic E-state index is -1.20. The zero-order valence-corrected chi connectivity index (χ0v) is 16.3. The number of carbonyl (C=O) groups is 3. The van der Waals surface area contributed by atoms with E-state index in [1.807, 2.05) is 12.1 Å². The molecule has 0 radical (unpaired) electrons. The first-order chi connectivity index (χ1) is 13.9. The summed E-state index contributed by atoms with van der Waals surface area (Å²) in [7, 11) is 1.36. The number of rotatable bonds is 9. The lowest BCUT2D eigenvalue weighted by Crippen LogP contribution is -2.07. The van der Waals surface area contributed by atoms with Crippen molar-refractivity contribution in [2.24, 2.45) is 0 Å². The van der Waals surface area contributed by atoms with Crippen LogP contribution < -0.4 is 4.74 Å². The van der Waals surface area contributed by atoms with Gasteiger partial charge in [0.05, 0.1) is 13.5 Å². The van der Waals surface area contributed by atoms with Crippen LogP contribution >= 0.6 is 11.8 Å². The van der Waals surface area contributed by atoms with Crippen LogP contribution in [0.3, 0.4) is 0 Å². The molecular weight excluding hydrogens is 396 g/mol. The number of ketones is 1. The van der Waals surface area contributed by atoms with Crippen LogP contribution in [0.5, 0.6) is 5.75 Å². The Morgan fingerprint density at radius 2 is 1.86 bits per heavy atom. The zero-order valence-electron chi connectivity index (χ0n) is 15.5. The predicted octanol–water partition coefficient (Wildman–Crippen LogP) is 4.08. The SMILES string of the molecule is COc1ccc(C(=O)c2oc3ccccc3c2CSCCC(=O)O)cc1C(=O)O. The van der Waals surface area contributed by atoms with Gasteiger partial charge in [0.15, 0.2) is 5.76 Å². The molecule has 2 N–H and O–H groups in total. The topological polar surface area (TPSA) is 114 Å². The minimum absolute atomic E-state index is 0.0180. The number of carboxylic acids is 2. The number of hydrogen-bond donors (Lipinski definition) is 2. The summed E-state index contributed by atoms with van der Waals surface area (Å²) in [5.41, 5.74) is 1.25. The monoisotopic (exact) mass is 414 g/mol. The van der Waals surface area contributed by atoms with E-state index in [2.05, 4.69) is 0 Å². The van der Waals surface area contributed by atoms with Gasteiger partial charge in [0.25, 0.3) is 0 Å². The van der Waals surface area contributed by atoms with E-state index >= 15 is 0 Å². The van der Waals surface area contributed by atoms with E-state index in [4.69, 9.17) is 14.3 Å². The number of aliphatic carboxylic acids is 1. The molecule has 7 nitrogen and oxygen atoms in total. The molecule has 1 heterocycles. The average molecular weight is 414 g/mol. The van der Waals surface area contributed by atoms with Crippen LogP contribution in [0.15, 0.2) is 46.9 Å². The number of para-hydroxylation sites is 1. The van der Waals surface area contributed by atoms with Crippen LogP contribution in [0.25, 0.3) is 11.0 Å². The molecule has 0 aliphatic rings. The van der Waals surface area contributed by atoms with Gasteiger partial charge in [-0.2, -0.15) is 11.8 Å². The molecule has 0 saturated heterocycles. The first kappa shape index (κ1) is 20.5. The second kappa shape index (κ2) is 8.83. The standard InChI is InChI=1S/C21H18O7S/c1-27-16-7-6-12(10-14(16)21(25)26)19(24)20-15(11-29-9-8-18(22)23)13-4-2-3-5-17(13)28-20/h2-7,10H,8-9,11H2,1H3,(H,22,23)(H,25,26). The maximum Gasteiger partial charge on any atom is 0.339 e. The van der Waals surface area contributed by atoms with Crippen LogP contribution in [0.4, 0.5) is 0 Å². The van der Waals surface area contributed by atoms with Crippen molar-refractivity contribution in [2.45, 2.75) is 12.2 Å². The Hall–Kier alpha value is -3.26. The molecule has 0 aliphatic carbocycles. The highest BCUT2D eigenvalue weighted by atomic mass is 32.2. The van der Waals surface area contributed by atoms with Crippen LogP contribution in [0.2, 0.25) is 0 Å². The van der Waals surface area contributed by atoms with Crippen molar-refractivity contribution in [2.75, 3.05) is 12.9 Å². The smallest absolute Gasteiger partial charge is 0.339 e. The number of thioether (sulfide) groups is 1. The third-order valence-corrected chi connectivity index (χ3v) is 5.29. The number of carbonyl (C=O) groups excluding carboxylic acids is 1. The van der Waals surface area contributed by atoms with Crippen molar-refractivity contribution in [1.29, 1.82) is 0 Å². The molecule has 8 heteroatoms. The molecule has 0 amide bonds. The van der Waals surface area contributed by atoms with Crippen molar-refractivity contribution >= 4 is 40.5 Å². The summed E-state index contributed by atoms with van der Waals surface area (Å²) < 4.78 is 10.8. The summed E-state index contributed by atoms with van der Waals surface area (Å²) in [5.74, 6) is -1.46. The highest BCUT2D eigenvalue weighted by molar-refractivity contribution is 7.98. The number of carboxylic acid groups (broad SMARTS) is 2. The van der Waals surface area contributed by atoms with E-state index in [0.29, 0.717) is 22.7 Å². The number of benzene rings is 2. The lowest BCUT2D eigenvalue weighted by Gasteiger charge is -2.07. The second-order valence-corrected chi connectivity index (χ2v) is 7.26. The molecule has 3 rings (SSSR count). The van der Waals surface area contributed by atoms with Gasteiger partial charge in [0.1, 0.15) is 16.9 Å². The Bertz CT molecular complexity index is 1080. The van der Waals surface area contributed by atoms with Crippen LogP contribution in [0.1, 0.15) is 38.5 Å². The Morgan fingerprint density at radius 1 is 1.10 bits per heavy atom. The molecule has 0 fully saturated rings. The fourth-order valence-corrected chi connectivity index (χ4v) is 3.86. The molecule has 0 spiro atoms. The number of hydrogen-bond acceptors (Lipinski definition) is 6. The molecule has 0 unspecified atom stereocenters. The molecule has 150 valence electrons. The second-order valence-electron chi connectivity index (χ2n) is 6.15. The summed E-state index contributed by atoms with van der Waals surface area (Å²) >= 11 is 1.39. The van der Waals surface area contributed by atoms with Gasteiger partial charge in [-0.05, 0) is 24.3 Å². The first-order valence-corrected chi connectivity index (χ1v) is 9.83. The molecule has 29 heavy (non-hydrogen) atoms. The van der Waals surface area contributed by atoms with E-state index in [1.54, 1.807) is 12.1 Å². The Labute approximate surface area is 170 Å². The van der Waals surface area contributed by atoms with Crippen molar-refractivity contribution in [3.63, 3.8) is 0 Å². The van der Waals surface area contributed by atoms with Crippen molar-refractivity contribution in [1.82, 2.24) is 0 Å². The molecule has 3 aromatic rings. The quantitative estimate of drug-likeness (QED) is 0.398. The minimum Gasteiger partial charge on any atom is -0.496 e. The maximum atomic E-state index is 13.1. The number of aromatic carboxylic acids is 1. The lowest BCUT2D eigenvalue weighted by atomic mass is 10.0. The number of methoxy groups -OCH3 is 1. The predicted molar refractivity (Wildman–Crippen MR) is 108 cm³/mol. The Kier molecular flexibility index (Phi) is 6.23. The molecular formula is C21H18O7S. The van der Waals surface area contributed by atoms with Gasteiger partial charge in [-0.1, -0.05) is 18.2 Å². The van der Waals surface area contributed by atoms with Gasteiger partial charge in [0, 0.05) is 28.0 Å². The number of fused-ring (bicyclic) bond motifs is 1. The van der Waals surface area contributed by atoms with Gasteiger partial charge in [-0.25, -0.2) is 4.79 Å². The highest BCUT2D eigenvalue weighted by Gasteiger charge is 2.23. The zero-order chi connectivity index (χ0) is 21.0. The summed E-state index contributed by atoms with van der Waals surface area (Å²) in [6, 6.07) is 11.4. The number of ether oxygens (including phenoxy) is 1. The van der Waals surface area contributed by atoms with Crippen LogP contribution in [-0.2, 0) is 10.5 Å². The van der Waals surface area contributed by atoms with Crippen LogP contribution in [0, 0.1) is 0 Å². The summed E-state index contributed by atoms with van der Waals surface area (Å²) in [6.07, 6.45) is 0.0180. The summed E-state index contributed by atoms with van der Waals surface area (Å²) in [4.78, 5) is 35.3. The molecule has 0 aliphatic heterocycles. The van der Waals surface area contributed by atoms with E-state index in [-0.39, 0.29) is 29.1 Å². The van der Waals surface area contributed by atoms with Gasteiger partial charge in [-0.3, -0.25) is 9.59 Å². The third kappa shape index (κ3) is 4.43. The molecule has 1 aromatic heterocycles. The molecule has 0 atom stereocenters. The van der Waals surface area contributed by atoms with Crippen molar-refractivity contribution in [3.8, 4) is 5.75 Å². The highest BCUT2D eigenvalue weighted by Crippen LogP contribution is 2.32. The number of furan rings is 1. The lowest BCUT2D eigenvalue weighted by molar-refractivity contribution is -0.136. The molecule has 2 aromatic carbocycles. The first-order valence-electron chi connectivity index (χ1n) is 8.68.